The van der Waals surface area contributed by atoms with Gasteiger partial charge in [0, 0.05) is 18.7 Å². The predicted octanol–water partition coefficient (Wildman–Crippen LogP) is 3.26. The van der Waals surface area contributed by atoms with Gasteiger partial charge in [-0.2, -0.15) is 0 Å². The Kier molecular flexibility index (Phi) is 5.59. The first kappa shape index (κ1) is 19.5. The molecule has 3 rings (SSSR count). The van der Waals surface area contributed by atoms with Gasteiger partial charge in [-0.1, -0.05) is 12.1 Å². The zero-order valence-electron chi connectivity index (χ0n) is 15.3. The standard InChI is InChI=1S/C19H21N3O3S2/c1-13(2)21-27(24,25)15-10-8-14(9-11-15)19(23)22(3)12-18-20-16-6-4-5-7-17(16)26-18/h4-11,13,21H,12H2,1-3H3. The maximum atomic E-state index is 12.6. The Morgan fingerprint density at radius 3 is 2.44 bits per heavy atom. The van der Waals surface area contributed by atoms with Crippen molar-refractivity contribution in [2.45, 2.75) is 31.3 Å². The van der Waals surface area contributed by atoms with E-state index in [-0.39, 0.29) is 16.8 Å². The van der Waals surface area contributed by atoms with Crippen LogP contribution in [-0.2, 0) is 16.6 Å². The van der Waals surface area contributed by atoms with Crippen LogP contribution in [-0.4, -0.2) is 37.3 Å². The van der Waals surface area contributed by atoms with E-state index in [0.29, 0.717) is 12.1 Å². The predicted molar refractivity (Wildman–Crippen MR) is 107 cm³/mol. The van der Waals surface area contributed by atoms with Gasteiger partial charge < -0.3 is 4.90 Å². The van der Waals surface area contributed by atoms with Crippen LogP contribution in [0.4, 0.5) is 0 Å². The van der Waals surface area contributed by atoms with Crippen LogP contribution < -0.4 is 4.72 Å². The minimum Gasteiger partial charge on any atom is -0.335 e. The largest absolute Gasteiger partial charge is 0.335 e. The molecule has 2 aromatic carbocycles. The number of aromatic nitrogens is 1. The van der Waals surface area contributed by atoms with Crippen molar-refractivity contribution in [1.82, 2.24) is 14.6 Å². The molecule has 1 amide bonds. The zero-order valence-corrected chi connectivity index (χ0v) is 17.0. The van der Waals surface area contributed by atoms with Crippen LogP contribution in [0.25, 0.3) is 10.2 Å². The van der Waals surface area contributed by atoms with Crippen molar-refractivity contribution in [1.29, 1.82) is 0 Å². The molecule has 1 heterocycles. The average molecular weight is 404 g/mol. The van der Waals surface area contributed by atoms with Crippen molar-refractivity contribution in [3.63, 3.8) is 0 Å². The molecule has 142 valence electrons. The Labute approximate surface area is 162 Å². The van der Waals surface area contributed by atoms with Gasteiger partial charge in [-0.15, -0.1) is 11.3 Å². The minimum atomic E-state index is -3.57. The Hall–Kier alpha value is -2.29. The van der Waals surface area contributed by atoms with Crippen LogP contribution in [0.5, 0.6) is 0 Å². The summed E-state index contributed by atoms with van der Waals surface area (Å²) in [6, 6.07) is 13.6. The summed E-state index contributed by atoms with van der Waals surface area (Å²) in [7, 11) is -1.86. The molecule has 0 radical (unpaired) electrons. The molecule has 0 unspecified atom stereocenters. The first-order chi connectivity index (χ1) is 12.8. The second-order valence-corrected chi connectivity index (χ2v) is 9.37. The topological polar surface area (TPSA) is 79.4 Å². The van der Waals surface area contributed by atoms with E-state index in [0.717, 1.165) is 15.2 Å². The molecule has 0 fully saturated rings. The van der Waals surface area contributed by atoms with Crippen LogP contribution in [0.15, 0.2) is 53.4 Å². The number of amides is 1. The van der Waals surface area contributed by atoms with Crippen molar-refractivity contribution < 1.29 is 13.2 Å². The van der Waals surface area contributed by atoms with Crippen LogP contribution in [0.2, 0.25) is 0 Å². The summed E-state index contributed by atoms with van der Waals surface area (Å²) in [5.41, 5.74) is 1.35. The summed E-state index contributed by atoms with van der Waals surface area (Å²) in [6.07, 6.45) is 0. The second kappa shape index (κ2) is 7.75. The molecule has 0 aliphatic heterocycles. The highest BCUT2D eigenvalue weighted by Crippen LogP contribution is 2.23. The number of fused-ring (bicyclic) bond motifs is 1. The van der Waals surface area contributed by atoms with Gasteiger partial charge in [-0.25, -0.2) is 18.1 Å². The van der Waals surface area contributed by atoms with Crippen molar-refractivity contribution in [3.8, 4) is 0 Å². The molecular weight excluding hydrogens is 382 g/mol. The highest BCUT2D eigenvalue weighted by Gasteiger charge is 2.18. The SMILES string of the molecule is CC(C)NS(=O)(=O)c1ccc(C(=O)N(C)Cc2nc3ccccc3s2)cc1. The Morgan fingerprint density at radius 2 is 1.81 bits per heavy atom. The van der Waals surface area contributed by atoms with E-state index in [1.165, 1.54) is 24.3 Å². The molecule has 0 bridgehead atoms. The Morgan fingerprint density at radius 1 is 1.15 bits per heavy atom. The lowest BCUT2D eigenvalue weighted by molar-refractivity contribution is 0.0785. The number of rotatable bonds is 6. The summed E-state index contributed by atoms with van der Waals surface area (Å²) in [5, 5.41) is 0.854. The fourth-order valence-corrected chi connectivity index (χ4v) is 4.91. The third kappa shape index (κ3) is 4.52. The van der Waals surface area contributed by atoms with Crippen molar-refractivity contribution in [2.24, 2.45) is 0 Å². The second-order valence-electron chi connectivity index (χ2n) is 6.54. The summed E-state index contributed by atoms with van der Waals surface area (Å²) in [6.45, 7) is 3.91. The van der Waals surface area contributed by atoms with Crippen molar-refractivity contribution in [2.75, 3.05) is 7.05 Å². The zero-order chi connectivity index (χ0) is 19.6. The number of sulfonamides is 1. The maximum absolute atomic E-state index is 12.6. The van der Waals surface area contributed by atoms with Crippen LogP contribution in [0, 0.1) is 0 Å². The number of carbonyl (C=O) groups is 1. The molecule has 3 aromatic rings. The lowest BCUT2D eigenvalue weighted by Crippen LogP contribution is -2.30. The molecular formula is C19H21N3O3S2. The fourth-order valence-electron chi connectivity index (χ4n) is 2.64. The van der Waals surface area contributed by atoms with Gasteiger partial charge in [0.15, 0.2) is 0 Å². The molecule has 0 saturated heterocycles. The van der Waals surface area contributed by atoms with Crippen LogP contribution in [0.1, 0.15) is 29.2 Å². The number of nitrogens with one attached hydrogen (secondary N) is 1. The summed E-state index contributed by atoms with van der Waals surface area (Å²) in [4.78, 5) is 18.9. The van der Waals surface area contributed by atoms with Crippen LogP contribution in [0.3, 0.4) is 0 Å². The van der Waals surface area contributed by atoms with Gasteiger partial charge in [-0.05, 0) is 50.2 Å². The van der Waals surface area contributed by atoms with E-state index in [1.54, 1.807) is 37.1 Å². The number of thiazole rings is 1. The van der Waals surface area contributed by atoms with Gasteiger partial charge >= 0.3 is 0 Å². The van der Waals surface area contributed by atoms with Crippen molar-refractivity contribution >= 4 is 37.5 Å². The summed E-state index contributed by atoms with van der Waals surface area (Å²) >= 11 is 1.56. The van der Waals surface area contributed by atoms with Gasteiger partial charge in [0.1, 0.15) is 5.01 Å². The molecule has 27 heavy (non-hydrogen) atoms. The first-order valence-electron chi connectivity index (χ1n) is 8.48. The molecule has 1 N–H and O–H groups in total. The molecule has 1 aromatic heterocycles. The van der Waals surface area contributed by atoms with Crippen LogP contribution >= 0.6 is 11.3 Å². The minimum absolute atomic E-state index is 0.140. The van der Waals surface area contributed by atoms with E-state index in [2.05, 4.69) is 9.71 Å². The molecule has 0 aliphatic rings. The summed E-state index contributed by atoms with van der Waals surface area (Å²) in [5.74, 6) is -0.185. The average Bonchev–Trinajstić information content (AvgIpc) is 3.02. The van der Waals surface area contributed by atoms with E-state index < -0.39 is 10.0 Å². The lowest BCUT2D eigenvalue weighted by Gasteiger charge is -2.16. The van der Waals surface area contributed by atoms with Gasteiger partial charge in [-0.3, -0.25) is 4.79 Å². The molecule has 6 nitrogen and oxygen atoms in total. The lowest BCUT2D eigenvalue weighted by atomic mass is 10.2. The third-order valence-electron chi connectivity index (χ3n) is 3.86. The van der Waals surface area contributed by atoms with E-state index >= 15 is 0 Å². The Balaban J connectivity index is 1.73. The molecule has 0 saturated carbocycles. The maximum Gasteiger partial charge on any atom is 0.253 e. The van der Waals surface area contributed by atoms with E-state index in [9.17, 15) is 13.2 Å². The third-order valence-corrected chi connectivity index (χ3v) is 6.56. The fraction of sp³-hybridized carbons (Fsp3) is 0.263. The van der Waals surface area contributed by atoms with E-state index in [4.69, 9.17) is 0 Å². The quantitative estimate of drug-likeness (QED) is 0.685. The normalized spacial score (nSPS) is 11.9. The number of hydrogen-bond donors (Lipinski definition) is 1. The summed E-state index contributed by atoms with van der Waals surface area (Å²) < 4.78 is 27.9. The molecule has 0 spiro atoms. The van der Waals surface area contributed by atoms with E-state index in [1.807, 2.05) is 24.3 Å². The van der Waals surface area contributed by atoms with Crippen molar-refractivity contribution in [3.05, 3.63) is 59.1 Å². The van der Waals surface area contributed by atoms with Gasteiger partial charge in [0.25, 0.3) is 5.91 Å². The number of benzene rings is 2. The molecule has 0 aliphatic carbocycles. The number of nitrogens with zero attached hydrogens (tertiary/aromatic N) is 2. The molecule has 0 atom stereocenters. The Bertz CT molecular complexity index is 1020. The van der Waals surface area contributed by atoms with Gasteiger partial charge in [0.2, 0.25) is 10.0 Å². The first-order valence-corrected chi connectivity index (χ1v) is 10.8. The monoisotopic (exact) mass is 403 g/mol. The smallest absolute Gasteiger partial charge is 0.253 e. The molecule has 8 heteroatoms. The highest BCUT2D eigenvalue weighted by molar-refractivity contribution is 7.89. The van der Waals surface area contributed by atoms with Gasteiger partial charge in [0.05, 0.1) is 21.7 Å². The number of para-hydroxylation sites is 1. The number of carbonyl (C=O) groups excluding carboxylic acids is 1. The number of hydrogen-bond acceptors (Lipinski definition) is 5. The highest BCUT2D eigenvalue weighted by atomic mass is 32.2.